The van der Waals surface area contributed by atoms with E-state index in [0.29, 0.717) is 59.5 Å². The smallest absolute Gasteiger partial charge is 0.119 e. The van der Waals surface area contributed by atoms with Gasteiger partial charge >= 0.3 is 0 Å². The van der Waals surface area contributed by atoms with Gasteiger partial charge in [-0.1, -0.05) is 19.8 Å². The van der Waals surface area contributed by atoms with Crippen LogP contribution < -0.4 is 4.74 Å². The van der Waals surface area contributed by atoms with Gasteiger partial charge in [-0.15, -0.1) is 6.42 Å². The molecule has 0 unspecified atom stereocenters. The van der Waals surface area contributed by atoms with E-state index in [0.717, 1.165) is 17.1 Å². The van der Waals surface area contributed by atoms with E-state index < -0.39 is 0 Å². The van der Waals surface area contributed by atoms with Crippen molar-refractivity contribution in [3.05, 3.63) is 23.8 Å². The highest BCUT2D eigenvalue weighted by molar-refractivity contribution is 5.99. The maximum atomic E-state index is 5.80. The van der Waals surface area contributed by atoms with Gasteiger partial charge in [-0.3, -0.25) is 4.99 Å². The highest BCUT2D eigenvalue weighted by Gasteiger charge is 2.32. The van der Waals surface area contributed by atoms with Crippen molar-refractivity contribution in [1.82, 2.24) is 0 Å². The minimum Gasteiger partial charge on any atom is -0.491 e. The summed E-state index contributed by atoms with van der Waals surface area (Å²) in [5, 5.41) is 0. The Labute approximate surface area is 168 Å². The van der Waals surface area contributed by atoms with Crippen LogP contribution in [0.2, 0.25) is 0 Å². The Hall–Kier alpha value is -1.91. The van der Waals surface area contributed by atoms with Crippen LogP contribution in [0.5, 0.6) is 5.75 Å². The lowest BCUT2D eigenvalue weighted by atomic mass is 9.82. The molecule has 0 amide bonds. The Bertz CT molecular complexity index is 678. The van der Waals surface area contributed by atoms with E-state index in [4.69, 9.17) is 30.1 Å². The fraction of sp³-hybridized carbons (Fsp3) is 0.591. The first-order chi connectivity index (χ1) is 13.6. The molecule has 1 heterocycles. The minimum atomic E-state index is -0.0407. The summed E-state index contributed by atoms with van der Waals surface area (Å²) in [5.41, 5.74) is 3.33. The molecule has 2 rings (SSSR count). The molecule has 154 valence electrons. The summed E-state index contributed by atoms with van der Waals surface area (Å²) in [7, 11) is 0. The first-order valence-electron chi connectivity index (χ1n) is 9.63. The van der Waals surface area contributed by atoms with E-state index in [9.17, 15) is 0 Å². The van der Waals surface area contributed by atoms with Crippen molar-refractivity contribution in [2.45, 2.75) is 26.2 Å². The predicted octanol–water partition coefficient (Wildman–Crippen LogP) is 3.15. The lowest BCUT2D eigenvalue weighted by Crippen LogP contribution is -2.22. The van der Waals surface area contributed by atoms with Crippen molar-refractivity contribution in [3.8, 4) is 18.1 Å². The van der Waals surface area contributed by atoms with Crippen LogP contribution in [0.15, 0.2) is 23.2 Å². The van der Waals surface area contributed by atoms with Crippen molar-refractivity contribution in [1.29, 1.82) is 0 Å². The zero-order valence-corrected chi connectivity index (χ0v) is 17.2. The molecule has 0 fully saturated rings. The highest BCUT2D eigenvalue weighted by Crippen LogP contribution is 2.41. The summed E-state index contributed by atoms with van der Waals surface area (Å²) in [4.78, 5) is 4.62. The molecule has 0 aromatic heterocycles. The normalized spacial score (nSPS) is 14.4. The van der Waals surface area contributed by atoms with Crippen LogP contribution in [0.4, 0.5) is 5.69 Å². The van der Waals surface area contributed by atoms with Gasteiger partial charge < -0.3 is 23.7 Å². The SMILES string of the molecule is C#CCOCCOCCOCCOCCOc1ccc2c(c1)C(C)(C)C(C)=N2. The number of ether oxygens (including phenoxy) is 5. The summed E-state index contributed by atoms with van der Waals surface area (Å²) in [6, 6.07) is 6.05. The zero-order chi connectivity index (χ0) is 20.2. The third kappa shape index (κ3) is 6.92. The van der Waals surface area contributed by atoms with Gasteiger partial charge in [-0.05, 0) is 30.7 Å². The molecule has 1 aromatic rings. The predicted molar refractivity (Wildman–Crippen MR) is 110 cm³/mol. The molecule has 0 bridgehead atoms. The molecule has 28 heavy (non-hydrogen) atoms. The van der Waals surface area contributed by atoms with E-state index in [1.807, 2.05) is 12.1 Å². The second-order valence-electron chi connectivity index (χ2n) is 6.94. The van der Waals surface area contributed by atoms with Gasteiger partial charge in [-0.2, -0.15) is 0 Å². The van der Waals surface area contributed by atoms with Crippen LogP contribution >= 0.6 is 0 Å². The molecule has 0 saturated heterocycles. The van der Waals surface area contributed by atoms with Crippen molar-refractivity contribution in [2.75, 3.05) is 59.5 Å². The molecule has 1 aliphatic rings. The number of fused-ring (bicyclic) bond motifs is 1. The first kappa shape index (κ1) is 22.4. The van der Waals surface area contributed by atoms with Gasteiger partial charge in [0.25, 0.3) is 0 Å². The van der Waals surface area contributed by atoms with Gasteiger partial charge in [-0.25, -0.2) is 0 Å². The van der Waals surface area contributed by atoms with Crippen LogP contribution in [-0.4, -0.2) is 65.2 Å². The molecular weight excluding hydrogens is 358 g/mol. The lowest BCUT2D eigenvalue weighted by Gasteiger charge is -2.20. The molecule has 1 aliphatic heterocycles. The second kappa shape index (κ2) is 11.8. The van der Waals surface area contributed by atoms with E-state index in [2.05, 4.69) is 37.8 Å². The van der Waals surface area contributed by atoms with Crippen molar-refractivity contribution in [2.24, 2.45) is 4.99 Å². The van der Waals surface area contributed by atoms with E-state index >= 15 is 0 Å². The number of hydrogen-bond acceptors (Lipinski definition) is 6. The Morgan fingerprint density at radius 3 is 2.07 bits per heavy atom. The van der Waals surface area contributed by atoms with Crippen LogP contribution in [0.25, 0.3) is 0 Å². The van der Waals surface area contributed by atoms with Crippen LogP contribution in [0, 0.1) is 12.3 Å². The summed E-state index contributed by atoms with van der Waals surface area (Å²) >= 11 is 0. The van der Waals surface area contributed by atoms with Gasteiger partial charge in [0, 0.05) is 11.1 Å². The van der Waals surface area contributed by atoms with Crippen molar-refractivity contribution < 1.29 is 23.7 Å². The van der Waals surface area contributed by atoms with Gasteiger partial charge in [0.15, 0.2) is 0 Å². The monoisotopic (exact) mass is 389 g/mol. The van der Waals surface area contributed by atoms with E-state index in [-0.39, 0.29) is 5.41 Å². The Kier molecular flexibility index (Phi) is 9.45. The fourth-order valence-corrected chi connectivity index (χ4v) is 2.73. The number of aliphatic imine (C=N–C) groups is 1. The third-order valence-corrected chi connectivity index (χ3v) is 4.63. The first-order valence-corrected chi connectivity index (χ1v) is 9.63. The Balaban J connectivity index is 1.47. The van der Waals surface area contributed by atoms with Gasteiger partial charge in [0.05, 0.1) is 51.9 Å². The molecule has 0 aliphatic carbocycles. The molecule has 0 N–H and O–H groups in total. The highest BCUT2D eigenvalue weighted by atomic mass is 16.6. The van der Waals surface area contributed by atoms with Crippen molar-refractivity contribution >= 4 is 11.4 Å². The molecule has 0 spiro atoms. The maximum absolute atomic E-state index is 5.80. The number of rotatable bonds is 14. The molecule has 0 saturated carbocycles. The molecule has 1 aromatic carbocycles. The second-order valence-corrected chi connectivity index (χ2v) is 6.94. The zero-order valence-electron chi connectivity index (χ0n) is 17.2. The van der Waals surface area contributed by atoms with Crippen molar-refractivity contribution in [3.63, 3.8) is 0 Å². The quantitative estimate of drug-likeness (QED) is 0.361. The Morgan fingerprint density at radius 2 is 1.46 bits per heavy atom. The number of benzene rings is 1. The van der Waals surface area contributed by atoms with E-state index in [1.165, 1.54) is 5.56 Å². The average Bonchev–Trinajstić information content (AvgIpc) is 2.91. The number of nitrogens with zero attached hydrogens (tertiary/aromatic N) is 1. The van der Waals surface area contributed by atoms with Crippen LogP contribution in [0.3, 0.4) is 0 Å². The molecule has 6 nitrogen and oxygen atoms in total. The number of terminal acetylenes is 1. The molecule has 0 radical (unpaired) electrons. The van der Waals surface area contributed by atoms with Gasteiger partial charge in [0.2, 0.25) is 0 Å². The van der Waals surface area contributed by atoms with Crippen LogP contribution in [0.1, 0.15) is 26.3 Å². The third-order valence-electron chi connectivity index (χ3n) is 4.63. The standard InChI is InChI=1S/C22H31NO5/c1-5-8-24-9-10-25-11-12-26-13-14-27-15-16-28-19-6-7-21-20(17-19)22(3,4)18(2)23-21/h1,6-7,17H,8-16H2,2-4H3. The minimum absolute atomic E-state index is 0.0407. The summed E-state index contributed by atoms with van der Waals surface area (Å²) in [6.45, 7) is 10.9. The maximum Gasteiger partial charge on any atom is 0.119 e. The topological polar surface area (TPSA) is 58.5 Å². The molecular formula is C22H31NO5. The summed E-state index contributed by atoms with van der Waals surface area (Å²) in [6.07, 6.45) is 5.07. The van der Waals surface area contributed by atoms with Crippen LogP contribution in [-0.2, 0) is 24.4 Å². The van der Waals surface area contributed by atoms with Gasteiger partial charge in [0.1, 0.15) is 19.0 Å². The number of hydrogen-bond donors (Lipinski definition) is 0. The summed E-state index contributed by atoms with van der Waals surface area (Å²) in [5.74, 6) is 3.25. The average molecular weight is 389 g/mol. The largest absolute Gasteiger partial charge is 0.491 e. The molecule has 6 heteroatoms. The Morgan fingerprint density at radius 1 is 0.893 bits per heavy atom. The fourth-order valence-electron chi connectivity index (χ4n) is 2.73. The van der Waals surface area contributed by atoms with E-state index in [1.54, 1.807) is 0 Å². The molecule has 0 atom stereocenters. The lowest BCUT2D eigenvalue weighted by molar-refractivity contribution is -0.00187. The summed E-state index contributed by atoms with van der Waals surface area (Å²) < 4.78 is 27.2.